The van der Waals surface area contributed by atoms with Crippen molar-refractivity contribution in [3.05, 3.63) is 76.2 Å². The predicted octanol–water partition coefficient (Wildman–Crippen LogP) is 5.22. The number of benzene rings is 2. The van der Waals surface area contributed by atoms with Gasteiger partial charge < -0.3 is 9.47 Å². The number of carbonyl (C=O) groups is 3. The summed E-state index contributed by atoms with van der Waals surface area (Å²) in [6, 6.07) is 11.8. The van der Waals surface area contributed by atoms with Crippen LogP contribution in [0.25, 0.3) is 6.08 Å². The van der Waals surface area contributed by atoms with Gasteiger partial charge in [0.25, 0.3) is 11.1 Å². The molecule has 8 heteroatoms. The van der Waals surface area contributed by atoms with Crippen LogP contribution in [0.3, 0.4) is 0 Å². The highest BCUT2D eigenvalue weighted by molar-refractivity contribution is 8.18. The number of halogens is 1. The Morgan fingerprint density at radius 2 is 1.94 bits per heavy atom. The Morgan fingerprint density at radius 1 is 1.19 bits per heavy atom. The average molecular weight is 458 g/mol. The van der Waals surface area contributed by atoms with E-state index in [2.05, 4.69) is 6.58 Å². The molecule has 2 aromatic carbocycles. The molecule has 0 atom stereocenters. The molecule has 0 N–H and O–H groups in total. The number of carbonyl (C=O) groups excluding carboxylic acids is 3. The van der Waals surface area contributed by atoms with Crippen LogP contribution in [0.15, 0.2) is 60.0 Å². The lowest BCUT2D eigenvalue weighted by molar-refractivity contribution is -0.122. The number of imide groups is 1. The molecular formula is C23H20ClNO5S. The summed E-state index contributed by atoms with van der Waals surface area (Å²) in [5.41, 5.74) is 1.01. The minimum absolute atomic E-state index is 0.198. The molecule has 0 unspecified atom stereocenters. The first-order valence-electron chi connectivity index (χ1n) is 9.48. The maximum atomic E-state index is 12.8. The molecule has 0 spiro atoms. The third-order valence-electron chi connectivity index (χ3n) is 4.25. The first-order valence-corrected chi connectivity index (χ1v) is 10.7. The van der Waals surface area contributed by atoms with Crippen molar-refractivity contribution in [3.63, 3.8) is 0 Å². The molecule has 2 amide bonds. The van der Waals surface area contributed by atoms with Crippen molar-refractivity contribution in [2.24, 2.45) is 0 Å². The number of Topliss-reactive ketones (excluding diaryl/α,β-unsaturated/α-hetero) is 1. The lowest BCUT2D eigenvalue weighted by atomic mass is 10.1. The SMILES string of the molecule is C=CCOc1c(Cl)cc(/C=C2\SC(=O)N(CC(=O)c3ccccc3)C2=O)cc1OCC. The van der Waals surface area contributed by atoms with Gasteiger partial charge in [-0.1, -0.05) is 54.6 Å². The molecule has 0 aromatic heterocycles. The van der Waals surface area contributed by atoms with E-state index in [9.17, 15) is 14.4 Å². The number of hydrogen-bond donors (Lipinski definition) is 0. The molecule has 0 aliphatic carbocycles. The molecule has 1 heterocycles. The topological polar surface area (TPSA) is 72.9 Å². The van der Waals surface area contributed by atoms with Gasteiger partial charge in [0.1, 0.15) is 6.61 Å². The average Bonchev–Trinajstić information content (AvgIpc) is 3.01. The van der Waals surface area contributed by atoms with Crippen LogP contribution in [0, 0.1) is 0 Å². The van der Waals surface area contributed by atoms with Gasteiger partial charge in [-0.15, -0.1) is 0 Å². The second kappa shape index (κ2) is 10.3. The van der Waals surface area contributed by atoms with E-state index in [4.69, 9.17) is 21.1 Å². The first-order chi connectivity index (χ1) is 14.9. The fourth-order valence-electron chi connectivity index (χ4n) is 2.86. The van der Waals surface area contributed by atoms with Gasteiger partial charge in [-0.05, 0) is 42.5 Å². The normalized spacial score (nSPS) is 14.8. The van der Waals surface area contributed by atoms with Gasteiger partial charge >= 0.3 is 0 Å². The fraction of sp³-hybridized carbons (Fsp3) is 0.174. The lowest BCUT2D eigenvalue weighted by Gasteiger charge is -2.13. The zero-order valence-corrected chi connectivity index (χ0v) is 18.4. The first kappa shape index (κ1) is 22.7. The fourth-order valence-corrected chi connectivity index (χ4v) is 3.98. The van der Waals surface area contributed by atoms with Gasteiger partial charge in [0.05, 0.1) is 23.1 Å². The van der Waals surface area contributed by atoms with E-state index in [1.807, 2.05) is 6.92 Å². The molecule has 0 bridgehead atoms. The number of thioether (sulfide) groups is 1. The molecule has 2 aromatic rings. The summed E-state index contributed by atoms with van der Waals surface area (Å²) in [6.45, 7) is 5.77. The number of hydrogen-bond acceptors (Lipinski definition) is 6. The van der Waals surface area contributed by atoms with Crippen LogP contribution in [0.1, 0.15) is 22.8 Å². The molecular weight excluding hydrogens is 438 g/mol. The van der Waals surface area contributed by atoms with Crippen LogP contribution < -0.4 is 9.47 Å². The van der Waals surface area contributed by atoms with Crippen molar-refractivity contribution in [2.75, 3.05) is 19.8 Å². The standard InChI is InChI=1S/C23H20ClNO5S/c1-3-10-30-21-17(24)11-15(12-19(21)29-4-2)13-20-22(27)25(23(28)31-20)14-18(26)16-8-6-5-7-9-16/h3,5-9,11-13H,1,4,10,14H2,2H3/b20-13-. The number of rotatable bonds is 9. The second-order valence-corrected chi connectivity index (χ2v) is 7.82. The summed E-state index contributed by atoms with van der Waals surface area (Å²) in [4.78, 5) is 38.7. The molecule has 160 valence electrons. The summed E-state index contributed by atoms with van der Waals surface area (Å²) >= 11 is 7.11. The third kappa shape index (κ3) is 5.37. The monoisotopic (exact) mass is 457 g/mol. The van der Waals surface area contributed by atoms with Crippen LogP contribution in [0.4, 0.5) is 4.79 Å². The van der Waals surface area contributed by atoms with Crippen molar-refractivity contribution in [1.29, 1.82) is 0 Å². The van der Waals surface area contributed by atoms with Crippen LogP contribution in [-0.2, 0) is 4.79 Å². The van der Waals surface area contributed by atoms with Crippen molar-refractivity contribution in [1.82, 2.24) is 4.90 Å². The Hall–Kier alpha value is -3.03. The molecule has 3 rings (SSSR count). The molecule has 1 aliphatic heterocycles. The smallest absolute Gasteiger partial charge is 0.293 e. The van der Waals surface area contributed by atoms with E-state index in [0.717, 1.165) is 16.7 Å². The van der Waals surface area contributed by atoms with Crippen molar-refractivity contribution in [2.45, 2.75) is 6.92 Å². The van der Waals surface area contributed by atoms with Gasteiger partial charge in [-0.3, -0.25) is 19.3 Å². The molecule has 1 aliphatic rings. The van der Waals surface area contributed by atoms with Crippen LogP contribution in [0.5, 0.6) is 11.5 Å². The second-order valence-electron chi connectivity index (χ2n) is 6.42. The predicted molar refractivity (Wildman–Crippen MR) is 122 cm³/mol. The molecule has 1 fully saturated rings. The van der Waals surface area contributed by atoms with Crippen molar-refractivity contribution < 1.29 is 23.9 Å². The molecule has 6 nitrogen and oxygen atoms in total. The van der Waals surface area contributed by atoms with E-state index < -0.39 is 11.1 Å². The Morgan fingerprint density at radius 3 is 2.61 bits per heavy atom. The molecule has 1 saturated heterocycles. The van der Waals surface area contributed by atoms with Gasteiger partial charge in [0.15, 0.2) is 17.3 Å². The van der Waals surface area contributed by atoms with E-state index in [-0.39, 0.29) is 23.8 Å². The number of nitrogens with zero attached hydrogens (tertiary/aromatic N) is 1. The molecule has 0 radical (unpaired) electrons. The van der Waals surface area contributed by atoms with E-state index in [0.29, 0.717) is 34.3 Å². The summed E-state index contributed by atoms with van der Waals surface area (Å²) < 4.78 is 11.2. The summed E-state index contributed by atoms with van der Waals surface area (Å²) in [5.74, 6) is -0.0430. The van der Waals surface area contributed by atoms with Crippen LogP contribution >= 0.6 is 23.4 Å². The summed E-state index contributed by atoms with van der Waals surface area (Å²) in [6.07, 6.45) is 3.14. The van der Waals surface area contributed by atoms with E-state index in [1.165, 1.54) is 0 Å². The highest BCUT2D eigenvalue weighted by atomic mass is 35.5. The Bertz CT molecular complexity index is 1050. The van der Waals surface area contributed by atoms with Gasteiger partial charge in [0.2, 0.25) is 0 Å². The Kier molecular flexibility index (Phi) is 7.55. The highest BCUT2D eigenvalue weighted by Crippen LogP contribution is 2.39. The van der Waals surface area contributed by atoms with Crippen molar-refractivity contribution in [3.8, 4) is 11.5 Å². The lowest BCUT2D eigenvalue weighted by Crippen LogP contribution is -2.33. The quantitative estimate of drug-likeness (QED) is 0.292. The Balaban J connectivity index is 1.83. The zero-order chi connectivity index (χ0) is 22.4. The van der Waals surface area contributed by atoms with Gasteiger partial charge in [0, 0.05) is 5.56 Å². The zero-order valence-electron chi connectivity index (χ0n) is 16.8. The van der Waals surface area contributed by atoms with Gasteiger partial charge in [-0.25, -0.2) is 0 Å². The number of ether oxygens (including phenoxy) is 2. The van der Waals surface area contributed by atoms with Crippen molar-refractivity contribution >= 4 is 46.4 Å². The third-order valence-corrected chi connectivity index (χ3v) is 5.43. The van der Waals surface area contributed by atoms with Crippen LogP contribution in [-0.4, -0.2) is 41.6 Å². The minimum Gasteiger partial charge on any atom is -0.490 e. The maximum absolute atomic E-state index is 12.8. The number of amides is 2. The molecule has 31 heavy (non-hydrogen) atoms. The highest BCUT2D eigenvalue weighted by Gasteiger charge is 2.36. The van der Waals surface area contributed by atoms with Gasteiger partial charge in [-0.2, -0.15) is 0 Å². The summed E-state index contributed by atoms with van der Waals surface area (Å²) in [7, 11) is 0. The maximum Gasteiger partial charge on any atom is 0.293 e. The molecule has 0 saturated carbocycles. The Labute approximate surface area is 189 Å². The van der Waals surface area contributed by atoms with E-state index >= 15 is 0 Å². The van der Waals surface area contributed by atoms with E-state index in [1.54, 1.807) is 54.6 Å². The van der Waals surface area contributed by atoms with Crippen LogP contribution in [0.2, 0.25) is 5.02 Å². The largest absolute Gasteiger partial charge is 0.490 e. The summed E-state index contributed by atoms with van der Waals surface area (Å²) in [5, 5.41) is -0.194. The minimum atomic E-state index is -0.527. The number of ketones is 1.